The number of carbonyl (C=O) groups is 1. The Labute approximate surface area is 131 Å². The second kappa shape index (κ2) is 6.39. The molecule has 0 saturated heterocycles. The zero-order chi connectivity index (χ0) is 16.2. The number of aromatic nitrogens is 2. The third-order valence-electron chi connectivity index (χ3n) is 3.12. The quantitative estimate of drug-likeness (QED) is 0.687. The van der Waals surface area contributed by atoms with E-state index in [1.807, 2.05) is 0 Å². The third-order valence-corrected chi connectivity index (χ3v) is 3.12. The Balaban J connectivity index is 1.95. The lowest BCUT2D eigenvalue weighted by Crippen LogP contribution is -2.04. The Morgan fingerprint density at radius 2 is 2.04 bits per heavy atom. The second-order valence-electron chi connectivity index (χ2n) is 4.69. The number of rotatable bonds is 4. The molecule has 0 aliphatic carbocycles. The fourth-order valence-electron chi connectivity index (χ4n) is 2.10. The minimum atomic E-state index is -0.434. The molecular formula is C17H13FN2O3. The number of halogens is 1. The summed E-state index contributed by atoms with van der Waals surface area (Å²) in [6.45, 7) is 2.03. The molecule has 0 radical (unpaired) electrons. The minimum Gasteiger partial charge on any atom is -0.462 e. The molecule has 5 nitrogen and oxygen atoms in total. The highest BCUT2D eigenvalue weighted by Crippen LogP contribution is 2.27. The normalized spacial score (nSPS) is 10.5. The molecule has 6 heteroatoms. The lowest BCUT2D eigenvalue weighted by molar-refractivity contribution is 0.0526. The first-order chi connectivity index (χ1) is 11.2. The number of esters is 1. The van der Waals surface area contributed by atoms with Crippen LogP contribution in [-0.2, 0) is 4.74 Å². The minimum absolute atomic E-state index is 0.218. The van der Waals surface area contributed by atoms with Gasteiger partial charge in [-0.2, -0.15) is 0 Å². The van der Waals surface area contributed by atoms with Gasteiger partial charge in [0, 0.05) is 0 Å². The van der Waals surface area contributed by atoms with Gasteiger partial charge in [-0.05, 0) is 43.3 Å². The van der Waals surface area contributed by atoms with Crippen LogP contribution in [0.3, 0.4) is 0 Å². The van der Waals surface area contributed by atoms with E-state index in [2.05, 4.69) is 9.97 Å². The van der Waals surface area contributed by atoms with Crippen molar-refractivity contribution in [2.75, 3.05) is 6.61 Å². The van der Waals surface area contributed by atoms with E-state index in [9.17, 15) is 9.18 Å². The van der Waals surface area contributed by atoms with Gasteiger partial charge in [-0.25, -0.2) is 19.2 Å². The van der Waals surface area contributed by atoms with Crippen LogP contribution in [0.1, 0.15) is 17.3 Å². The van der Waals surface area contributed by atoms with Crippen molar-refractivity contribution in [2.45, 2.75) is 6.92 Å². The molecule has 116 valence electrons. The largest absolute Gasteiger partial charge is 0.462 e. The molecular weight excluding hydrogens is 299 g/mol. The lowest BCUT2D eigenvalue weighted by Gasteiger charge is -2.08. The summed E-state index contributed by atoms with van der Waals surface area (Å²) >= 11 is 0. The van der Waals surface area contributed by atoms with Gasteiger partial charge in [-0.3, -0.25) is 0 Å². The molecule has 0 saturated carbocycles. The molecule has 1 aromatic heterocycles. The van der Waals surface area contributed by atoms with Crippen LogP contribution >= 0.6 is 0 Å². The van der Waals surface area contributed by atoms with Gasteiger partial charge < -0.3 is 9.47 Å². The van der Waals surface area contributed by atoms with Crippen molar-refractivity contribution in [3.05, 3.63) is 60.2 Å². The van der Waals surface area contributed by atoms with Gasteiger partial charge in [0.05, 0.1) is 23.1 Å². The third kappa shape index (κ3) is 3.26. The van der Waals surface area contributed by atoms with Gasteiger partial charge in [-0.1, -0.05) is 6.07 Å². The highest BCUT2D eigenvalue weighted by Gasteiger charge is 2.10. The Kier molecular flexibility index (Phi) is 4.14. The molecule has 0 N–H and O–H groups in total. The van der Waals surface area contributed by atoms with E-state index in [0.717, 1.165) is 0 Å². The zero-order valence-electron chi connectivity index (χ0n) is 12.3. The maximum atomic E-state index is 13.4. The molecule has 0 unspecified atom stereocenters. The summed E-state index contributed by atoms with van der Waals surface area (Å²) < 4.78 is 24.1. The highest BCUT2D eigenvalue weighted by atomic mass is 19.1. The van der Waals surface area contributed by atoms with Gasteiger partial charge in [-0.15, -0.1) is 0 Å². The Hall–Kier alpha value is -3.02. The van der Waals surface area contributed by atoms with Gasteiger partial charge in [0.1, 0.15) is 17.9 Å². The van der Waals surface area contributed by atoms with E-state index < -0.39 is 11.8 Å². The summed E-state index contributed by atoms with van der Waals surface area (Å²) in [6.07, 6.45) is 1.34. The van der Waals surface area contributed by atoms with Crippen LogP contribution in [-0.4, -0.2) is 22.5 Å². The maximum absolute atomic E-state index is 13.4. The summed E-state index contributed by atoms with van der Waals surface area (Å²) in [4.78, 5) is 19.9. The SMILES string of the molecule is CCOC(=O)c1cccc(Oc2ncnc3ccc(F)cc23)c1. The molecule has 0 atom stereocenters. The van der Waals surface area contributed by atoms with Crippen molar-refractivity contribution in [3.63, 3.8) is 0 Å². The molecule has 0 spiro atoms. The number of ether oxygens (including phenoxy) is 2. The van der Waals surface area contributed by atoms with Crippen LogP contribution in [0.4, 0.5) is 4.39 Å². The van der Waals surface area contributed by atoms with E-state index >= 15 is 0 Å². The Bertz CT molecular complexity index is 867. The van der Waals surface area contributed by atoms with E-state index in [-0.39, 0.29) is 5.88 Å². The van der Waals surface area contributed by atoms with E-state index in [0.29, 0.717) is 28.8 Å². The zero-order valence-corrected chi connectivity index (χ0v) is 12.3. The van der Waals surface area contributed by atoms with Crippen LogP contribution in [0.25, 0.3) is 10.9 Å². The van der Waals surface area contributed by atoms with Crippen molar-refractivity contribution < 1.29 is 18.7 Å². The van der Waals surface area contributed by atoms with Crippen molar-refractivity contribution in [3.8, 4) is 11.6 Å². The number of hydrogen-bond acceptors (Lipinski definition) is 5. The van der Waals surface area contributed by atoms with Gasteiger partial charge in [0.15, 0.2) is 0 Å². The Morgan fingerprint density at radius 3 is 2.87 bits per heavy atom. The summed E-state index contributed by atoms with van der Waals surface area (Å²) in [5, 5.41) is 0.453. The van der Waals surface area contributed by atoms with E-state index in [4.69, 9.17) is 9.47 Å². The first kappa shape index (κ1) is 14.9. The average molecular weight is 312 g/mol. The van der Waals surface area contributed by atoms with Gasteiger partial charge in [0.25, 0.3) is 0 Å². The monoisotopic (exact) mass is 312 g/mol. The summed E-state index contributed by atoms with van der Waals surface area (Å²) in [7, 11) is 0. The second-order valence-corrected chi connectivity index (χ2v) is 4.69. The van der Waals surface area contributed by atoms with Crippen LogP contribution in [0, 0.1) is 5.82 Å². The molecule has 0 fully saturated rings. The molecule has 23 heavy (non-hydrogen) atoms. The molecule has 3 rings (SSSR count). The number of carbonyl (C=O) groups excluding carboxylic acids is 1. The summed E-state index contributed by atoms with van der Waals surface area (Å²) in [5.74, 6) is -0.218. The Morgan fingerprint density at radius 1 is 1.17 bits per heavy atom. The fourth-order valence-corrected chi connectivity index (χ4v) is 2.10. The van der Waals surface area contributed by atoms with E-state index in [1.165, 1.54) is 18.5 Å². The van der Waals surface area contributed by atoms with Gasteiger partial charge >= 0.3 is 5.97 Å². The number of nitrogens with zero attached hydrogens (tertiary/aromatic N) is 2. The smallest absolute Gasteiger partial charge is 0.338 e. The molecule has 0 amide bonds. The van der Waals surface area contributed by atoms with Crippen molar-refractivity contribution in [1.82, 2.24) is 9.97 Å². The van der Waals surface area contributed by atoms with Gasteiger partial charge in [0.2, 0.25) is 5.88 Å². The van der Waals surface area contributed by atoms with Crippen molar-refractivity contribution in [1.29, 1.82) is 0 Å². The lowest BCUT2D eigenvalue weighted by atomic mass is 10.2. The standard InChI is InChI=1S/C17H13FN2O3/c1-2-22-17(21)11-4-3-5-13(8-11)23-16-14-9-12(18)6-7-15(14)19-10-20-16/h3-10H,2H2,1H3. The number of benzene rings is 2. The molecule has 0 aliphatic rings. The molecule has 1 heterocycles. The van der Waals surface area contributed by atoms with Crippen LogP contribution in [0.15, 0.2) is 48.8 Å². The van der Waals surface area contributed by atoms with Crippen LogP contribution in [0.5, 0.6) is 11.6 Å². The fraction of sp³-hybridized carbons (Fsp3) is 0.118. The molecule has 3 aromatic rings. The molecule has 0 bridgehead atoms. The average Bonchev–Trinajstić information content (AvgIpc) is 2.56. The topological polar surface area (TPSA) is 61.3 Å². The predicted molar refractivity (Wildman–Crippen MR) is 82.0 cm³/mol. The van der Waals surface area contributed by atoms with Crippen molar-refractivity contribution >= 4 is 16.9 Å². The van der Waals surface area contributed by atoms with E-state index in [1.54, 1.807) is 37.3 Å². The number of fused-ring (bicyclic) bond motifs is 1. The summed E-state index contributed by atoms with van der Waals surface area (Å²) in [5.41, 5.74) is 0.937. The molecule has 0 aliphatic heterocycles. The molecule has 2 aromatic carbocycles. The van der Waals surface area contributed by atoms with Crippen LogP contribution in [0.2, 0.25) is 0 Å². The van der Waals surface area contributed by atoms with Crippen molar-refractivity contribution in [2.24, 2.45) is 0 Å². The summed E-state index contributed by atoms with van der Waals surface area (Å²) in [6, 6.07) is 10.7. The predicted octanol–water partition coefficient (Wildman–Crippen LogP) is 3.74. The van der Waals surface area contributed by atoms with Crippen LogP contribution < -0.4 is 4.74 Å². The number of hydrogen-bond donors (Lipinski definition) is 0. The highest BCUT2D eigenvalue weighted by molar-refractivity contribution is 5.90. The first-order valence-electron chi connectivity index (χ1n) is 7.02. The maximum Gasteiger partial charge on any atom is 0.338 e. The first-order valence-corrected chi connectivity index (χ1v) is 7.02.